The zero-order valence-corrected chi connectivity index (χ0v) is 16.8. The SMILES string of the molecule is O=C(O)c1ccc(-c2nc(-c3ccc(C(=O)O)cc3)nc(-c3ccc(C(=O)O)cc3)n2)cc1. The number of benzene rings is 3. The number of rotatable bonds is 6. The van der Waals surface area contributed by atoms with Crippen molar-refractivity contribution in [3.63, 3.8) is 0 Å². The van der Waals surface area contributed by atoms with E-state index in [1.807, 2.05) is 0 Å². The molecule has 1 heterocycles. The van der Waals surface area contributed by atoms with Gasteiger partial charge < -0.3 is 15.3 Å². The first kappa shape index (κ1) is 21.3. The molecule has 0 radical (unpaired) electrons. The summed E-state index contributed by atoms with van der Waals surface area (Å²) in [4.78, 5) is 46.9. The van der Waals surface area contributed by atoms with Gasteiger partial charge in [-0.25, -0.2) is 29.3 Å². The highest BCUT2D eigenvalue weighted by Gasteiger charge is 2.14. The van der Waals surface area contributed by atoms with Crippen LogP contribution in [-0.2, 0) is 0 Å². The Labute approximate surface area is 186 Å². The van der Waals surface area contributed by atoms with Crippen LogP contribution in [0.25, 0.3) is 34.2 Å². The molecule has 33 heavy (non-hydrogen) atoms. The summed E-state index contributed by atoms with van der Waals surface area (Å²) in [5, 5.41) is 27.4. The standard InChI is InChI=1S/C24H15N3O6/c28-22(29)16-7-1-13(2-8-16)19-25-20(14-3-9-17(10-4-14)23(30)31)27-21(26-19)15-5-11-18(12-6-15)24(32)33/h1-12H,(H,28,29)(H,30,31)(H,32,33). The molecular weight excluding hydrogens is 426 g/mol. The van der Waals surface area contributed by atoms with Gasteiger partial charge in [-0.1, -0.05) is 36.4 Å². The first-order valence-electron chi connectivity index (χ1n) is 9.59. The molecule has 0 atom stereocenters. The topological polar surface area (TPSA) is 151 Å². The summed E-state index contributed by atoms with van der Waals surface area (Å²) >= 11 is 0. The maximum absolute atomic E-state index is 11.2. The lowest BCUT2D eigenvalue weighted by Crippen LogP contribution is -2.02. The number of carboxylic acid groups (broad SMARTS) is 3. The van der Waals surface area contributed by atoms with Crippen LogP contribution in [0.2, 0.25) is 0 Å². The number of aromatic nitrogens is 3. The molecule has 3 aromatic carbocycles. The zero-order valence-electron chi connectivity index (χ0n) is 16.8. The Hall–Kier alpha value is -4.92. The Morgan fingerprint density at radius 2 is 0.636 bits per heavy atom. The van der Waals surface area contributed by atoms with Crippen LogP contribution in [0.1, 0.15) is 31.1 Å². The zero-order chi connectivity index (χ0) is 23.5. The van der Waals surface area contributed by atoms with E-state index in [-0.39, 0.29) is 34.2 Å². The van der Waals surface area contributed by atoms with Crippen molar-refractivity contribution in [3.8, 4) is 34.2 Å². The van der Waals surface area contributed by atoms with Crippen molar-refractivity contribution in [3.05, 3.63) is 89.5 Å². The fourth-order valence-electron chi connectivity index (χ4n) is 3.05. The van der Waals surface area contributed by atoms with Crippen molar-refractivity contribution >= 4 is 17.9 Å². The van der Waals surface area contributed by atoms with E-state index in [1.54, 1.807) is 36.4 Å². The van der Waals surface area contributed by atoms with E-state index in [4.69, 9.17) is 15.3 Å². The summed E-state index contributed by atoms with van der Waals surface area (Å²) in [6.45, 7) is 0. The van der Waals surface area contributed by atoms with Crippen LogP contribution in [0.5, 0.6) is 0 Å². The van der Waals surface area contributed by atoms with Crippen LogP contribution in [0.4, 0.5) is 0 Å². The van der Waals surface area contributed by atoms with Crippen molar-refractivity contribution in [2.75, 3.05) is 0 Å². The minimum Gasteiger partial charge on any atom is -0.478 e. The summed E-state index contributed by atoms with van der Waals surface area (Å²) in [7, 11) is 0. The van der Waals surface area contributed by atoms with E-state index < -0.39 is 17.9 Å². The summed E-state index contributed by atoms with van der Waals surface area (Å²) in [6, 6.07) is 18.1. The lowest BCUT2D eigenvalue weighted by molar-refractivity contribution is 0.0686. The molecule has 0 aliphatic rings. The highest BCUT2D eigenvalue weighted by atomic mass is 16.4. The van der Waals surface area contributed by atoms with Gasteiger partial charge >= 0.3 is 17.9 Å². The van der Waals surface area contributed by atoms with Gasteiger partial charge in [-0.2, -0.15) is 0 Å². The van der Waals surface area contributed by atoms with Gasteiger partial charge in [0.2, 0.25) is 0 Å². The van der Waals surface area contributed by atoms with Crippen LogP contribution < -0.4 is 0 Å². The van der Waals surface area contributed by atoms with E-state index in [0.717, 1.165) is 0 Å². The smallest absolute Gasteiger partial charge is 0.335 e. The van der Waals surface area contributed by atoms with Crippen LogP contribution in [0, 0.1) is 0 Å². The quantitative estimate of drug-likeness (QED) is 0.404. The molecule has 4 aromatic rings. The fraction of sp³-hybridized carbons (Fsp3) is 0. The number of carboxylic acids is 3. The summed E-state index contributed by atoms with van der Waals surface area (Å²) in [5.41, 5.74) is 1.99. The lowest BCUT2D eigenvalue weighted by atomic mass is 10.1. The van der Waals surface area contributed by atoms with Gasteiger partial charge in [0.25, 0.3) is 0 Å². The first-order chi connectivity index (χ1) is 15.8. The number of aromatic carboxylic acids is 3. The Bertz CT molecular complexity index is 1180. The van der Waals surface area contributed by atoms with Crippen LogP contribution in [-0.4, -0.2) is 48.2 Å². The van der Waals surface area contributed by atoms with E-state index in [1.165, 1.54) is 36.4 Å². The third-order valence-electron chi connectivity index (χ3n) is 4.81. The van der Waals surface area contributed by atoms with Gasteiger partial charge in [0.15, 0.2) is 17.5 Å². The van der Waals surface area contributed by atoms with Gasteiger partial charge in [0.05, 0.1) is 16.7 Å². The highest BCUT2D eigenvalue weighted by Crippen LogP contribution is 2.25. The number of carbonyl (C=O) groups is 3. The summed E-state index contributed by atoms with van der Waals surface area (Å²) in [6.07, 6.45) is 0. The lowest BCUT2D eigenvalue weighted by Gasteiger charge is -2.09. The molecule has 162 valence electrons. The van der Waals surface area contributed by atoms with Crippen molar-refractivity contribution < 1.29 is 29.7 Å². The second-order valence-corrected chi connectivity index (χ2v) is 6.95. The molecule has 0 aliphatic carbocycles. The van der Waals surface area contributed by atoms with Gasteiger partial charge in [-0.3, -0.25) is 0 Å². The number of nitrogens with zero attached hydrogens (tertiary/aromatic N) is 3. The normalized spacial score (nSPS) is 10.5. The molecule has 0 fully saturated rings. The van der Waals surface area contributed by atoms with Crippen LogP contribution in [0.15, 0.2) is 72.8 Å². The largest absolute Gasteiger partial charge is 0.478 e. The Kier molecular flexibility index (Phi) is 5.60. The molecule has 0 saturated carbocycles. The Morgan fingerprint density at radius 3 is 0.818 bits per heavy atom. The molecular formula is C24H15N3O6. The molecule has 3 N–H and O–H groups in total. The molecule has 0 bridgehead atoms. The minimum atomic E-state index is -1.06. The monoisotopic (exact) mass is 441 g/mol. The van der Waals surface area contributed by atoms with E-state index in [2.05, 4.69) is 15.0 Å². The summed E-state index contributed by atoms with van der Waals surface area (Å²) in [5.74, 6) is -2.36. The molecule has 9 heteroatoms. The van der Waals surface area contributed by atoms with Gasteiger partial charge in [0, 0.05) is 16.7 Å². The van der Waals surface area contributed by atoms with Crippen molar-refractivity contribution in [2.45, 2.75) is 0 Å². The first-order valence-corrected chi connectivity index (χ1v) is 9.59. The molecule has 0 amide bonds. The van der Waals surface area contributed by atoms with Crippen LogP contribution in [0.3, 0.4) is 0 Å². The highest BCUT2D eigenvalue weighted by molar-refractivity contribution is 5.89. The molecule has 0 aliphatic heterocycles. The molecule has 0 spiro atoms. The molecule has 1 aromatic heterocycles. The average molecular weight is 441 g/mol. The maximum Gasteiger partial charge on any atom is 0.335 e. The average Bonchev–Trinajstić information content (AvgIpc) is 2.84. The van der Waals surface area contributed by atoms with Crippen molar-refractivity contribution in [1.82, 2.24) is 15.0 Å². The molecule has 0 saturated heterocycles. The van der Waals surface area contributed by atoms with Crippen molar-refractivity contribution in [2.24, 2.45) is 0 Å². The summed E-state index contributed by atoms with van der Waals surface area (Å²) < 4.78 is 0. The predicted octanol–water partition coefficient (Wildman–Crippen LogP) is 3.97. The van der Waals surface area contributed by atoms with E-state index in [0.29, 0.717) is 16.7 Å². The molecule has 0 unspecified atom stereocenters. The molecule has 9 nitrogen and oxygen atoms in total. The van der Waals surface area contributed by atoms with Gasteiger partial charge in [-0.15, -0.1) is 0 Å². The van der Waals surface area contributed by atoms with Crippen molar-refractivity contribution in [1.29, 1.82) is 0 Å². The fourth-order valence-corrected chi connectivity index (χ4v) is 3.05. The second-order valence-electron chi connectivity index (χ2n) is 6.95. The Morgan fingerprint density at radius 1 is 0.424 bits per heavy atom. The Balaban J connectivity index is 1.84. The second kappa shape index (κ2) is 8.67. The predicted molar refractivity (Wildman–Crippen MR) is 117 cm³/mol. The maximum atomic E-state index is 11.2. The van der Waals surface area contributed by atoms with E-state index >= 15 is 0 Å². The minimum absolute atomic E-state index is 0.113. The van der Waals surface area contributed by atoms with Gasteiger partial charge in [-0.05, 0) is 36.4 Å². The van der Waals surface area contributed by atoms with E-state index in [9.17, 15) is 14.4 Å². The number of hydrogen-bond donors (Lipinski definition) is 3. The molecule has 4 rings (SSSR count). The number of hydrogen-bond acceptors (Lipinski definition) is 6. The van der Waals surface area contributed by atoms with Crippen LogP contribution >= 0.6 is 0 Å². The third-order valence-corrected chi connectivity index (χ3v) is 4.81. The van der Waals surface area contributed by atoms with Gasteiger partial charge in [0.1, 0.15) is 0 Å². The third kappa shape index (κ3) is 4.57.